The predicted octanol–water partition coefficient (Wildman–Crippen LogP) is 3.38. The van der Waals surface area contributed by atoms with Crippen LogP contribution in [0.3, 0.4) is 0 Å². The van der Waals surface area contributed by atoms with Crippen molar-refractivity contribution in [1.29, 1.82) is 0 Å². The highest BCUT2D eigenvalue weighted by molar-refractivity contribution is 7.99. The van der Waals surface area contributed by atoms with Crippen LogP contribution in [-0.2, 0) is 6.61 Å². The Morgan fingerprint density at radius 2 is 2.00 bits per heavy atom. The van der Waals surface area contributed by atoms with Crippen LogP contribution in [0.2, 0.25) is 5.02 Å². The molecule has 2 rings (SSSR count). The number of pyridine rings is 1. The molecule has 0 amide bonds. The molecular weight excluding hydrogens is 242 g/mol. The number of nitrogens with zero attached hydrogens (tertiary/aromatic N) is 1. The smallest absolute Gasteiger partial charge is 0.119 e. The molecule has 0 unspecified atom stereocenters. The molecule has 0 aliphatic rings. The molecule has 0 saturated heterocycles. The number of aliphatic hydroxyl groups is 1. The Hall–Kier alpha value is -1.03. The molecule has 1 aromatic carbocycles. The van der Waals surface area contributed by atoms with Gasteiger partial charge in [-0.2, -0.15) is 0 Å². The number of aliphatic hydroxyl groups excluding tert-OH is 1. The van der Waals surface area contributed by atoms with E-state index in [9.17, 15) is 5.11 Å². The van der Waals surface area contributed by atoms with Crippen molar-refractivity contribution in [2.45, 2.75) is 16.5 Å². The lowest BCUT2D eigenvalue weighted by atomic mass is 10.2. The van der Waals surface area contributed by atoms with E-state index in [-0.39, 0.29) is 6.61 Å². The monoisotopic (exact) mass is 251 g/mol. The van der Waals surface area contributed by atoms with Gasteiger partial charge < -0.3 is 5.11 Å². The Balaban J connectivity index is 2.30. The van der Waals surface area contributed by atoms with Crippen LogP contribution < -0.4 is 0 Å². The molecule has 0 aliphatic heterocycles. The van der Waals surface area contributed by atoms with Gasteiger partial charge in [-0.1, -0.05) is 41.6 Å². The van der Waals surface area contributed by atoms with E-state index in [0.29, 0.717) is 5.02 Å². The first-order valence-corrected chi connectivity index (χ1v) is 5.98. The van der Waals surface area contributed by atoms with Gasteiger partial charge in [0.25, 0.3) is 0 Å². The Labute approximate surface area is 103 Å². The van der Waals surface area contributed by atoms with Gasteiger partial charge in [0.2, 0.25) is 0 Å². The largest absolute Gasteiger partial charge is 0.392 e. The number of benzene rings is 1. The van der Waals surface area contributed by atoms with E-state index >= 15 is 0 Å². The molecule has 0 aliphatic carbocycles. The molecular formula is C12H10ClNOS. The van der Waals surface area contributed by atoms with Crippen molar-refractivity contribution >= 4 is 23.4 Å². The third-order valence-corrected chi connectivity index (χ3v) is 3.63. The van der Waals surface area contributed by atoms with Crippen LogP contribution in [-0.4, -0.2) is 10.1 Å². The summed E-state index contributed by atoms with van der Waals surface area (Å²) in [5.41, 5.74) is 0.884. The zero-order valence-electron chi connectivity index (χ0n) is 8.43. The van der Waals surface area contributed by atoms with Crippen molar-refractivity contribution in [3.63, 3.8) is 0 Å². The lowest BCUT2D eigenvalue weighted by Gasteiger charge is -2.06. The number of hydrogen-bond donors (Lipinski definition) is 1. The minimum absolute atomic E-state index is 0.0215. The molecule has 0 bridgehead atoms. The van der Waals surface area contributed by atoms with Crippen LogP contribution >= 0.6 is 23.4 Å². The Kier molecular flexibility index (Phi) is 3.83. The van der Waals surface area contributed by atoms with Gasteiger partial charge in [0.1, 0.15) is 5.03 Å². The fourth-order valence-electron chi connectivity index (χ4n) is 1.28. The molecule has 2 aromatic rings. The fraction of sp³-hybridized carbons (Fsp3) is 0.0833. The van der Waals surface area contributed by atoms with E-state index in [1.165, 1.54) is 11.8 Å². The summed E-state index contributed by atoms with van der Waals surface area (Å²) in [6, 6.07) is 11.3. The maximum atomic E-state index is 9.20. The second kappa shape index (κ2) is 5.34. The predicted molar refractivity (Wildman–Crippen MR) is 65.7 cm³/mol. The molecule has 0 fully saturated rings. The summed E-state index contributed by atoms with van der Waals surface area (Å²) in [6.45, 7) is 0.0215. The number of aromatic nitrogens is 1. The van der Waals surface area contributed by atoms with Crippen LogP contribution in [0.15, 0.2) is 52.5 Å². The Bertz CT molecular complexity index is 490. The quantitative estimate of drug-likeness (QED) is 0.908. The summed E-state index contributed by atoms with van der Waals surface area (Å²) < 4.78 is 0. The topological polar surface area (TPSA) is 33.1 Å². The van der Waals surface area contributed by atoms with Crippen LogP contribution in [0.5, 0.6) is 0 Å². The first-order valence-electron chi connectivity index (χ1n) is 4.78. The van der Waals surface area contributed by atoms with Crippen LogP contribution in [0.25, 0.3) is 0 Å². The number of hydrogen-bond acceptors (Lipinski definition) is 3. The van der Waals surface area contributed by atoms with Crippen molar-refractivity contribution in [2.75, 3.05) is 0 Å². The van der Waals surface area contributed by atoms with Crippen molar-refractivity contribution in [1.82, 2.24) is 4.98 Å². The van der Waals surface area contributed by atoms with E-state index in [2.05, 4.69) is 4.98 Å². The van der Waals surface area contributed by atoms with Crippen molar-refractivity contribution in [2.24, 2.45) is 0 Å². The molecule has 4 heteroatoms. The molecule has 82 valence electrons. The van der Waals surface area contributed by atoms with Crippen molar-refractivity contribution in [3.05, 3.63) is 53.2 Å². The Morgan fingerprint density at radius 1 is 1.19 bits per heavy atom. The molecule has 0 spiro atoms. The minimum Gasteiger partial charge on any atom is -0.392 e. The lowest BCUT2D eigenvalue weighted by Crippen LogP contribution is -1.88. The van der Waals surface area contributed by atoms with Gasteiger partial charge in [-0.25, -0.2) is 4.98 Å². The molecule has 0 atom stereocenters. The standard InChI is InChI=1S/C12H10ClNOS/c13-10-5-3-7-14-12(10)16-11-6-2-1-4-9(11)8-15/h1-7,15H,8H2. The van der Waals surface area contributed by atoms with Gasteiger partial charge in [0.05, 0.1) is 11.6 Å². The summed E-state index contributed by atoms with van der Waals surface area (Å²) in [4.78, 5) is 5.18. The number of halogens is 1. The van der Waals surface area contributed by atoms with Crippen molar-refractivity contribution < 1.29 is 5.11 Å². The van der Waals surface area contributed by atoms with Gasteiger partial charge in [0.15, 0.2) is 0 Å². The molecule has 1 N–H and O–H groups in total. The summed E-state index contributed by atoms with van der Waals surface area (Å²) in [6.07, 6.45) is 1.70. The van der Waals surface area contributed by atoms with E-state index in [1.54, 1.807) is 18.3 Å². The zero-order valence-corrected chi connectivity index (χ0v) is 10.0. The SMILES string of the molecule is OCc1ccccc1Sc1ncccc1Cl. The van der Waals surface area contributed by atoms with Crippen LogP contribution in [0, 0.1) is 0 Å². The lowest BCUT2D eigenvalue weighted by molar-refractivity contribution is 0.279. The molecule has 1 heterocycles. The van der Waals surface area contributed by atoms with Gasteiger partial charge >= 0.3 is 0 Å². The van der Waals surface area contributed by atoms with E-state index < -0.39 is 0 Å². The van der Waals surface area contributed by atoms with E-state index in [4.69, 9.17) is 11.6 Å². The zero-order chi connectivity index (χ0) is 11.4. The molecule has 1 aromatic heterocycles. The average molecular weight is 252 g/mol. The Morgan fingerprint density at radius 3 is 2.75 bits per heavy atom. The average Bonchev–Trinajstić information content (AvgIpc) is 2.33. The van der Waals surface area contributed by atoms with Gasteiger partial charge in [-0.3, -0.25) is 0 Å². The summed E-state index contributed by atoms with van der Waals surface area (Å²) in [5, 5.41) is 10.6. The third-order valence-electron chi connectivity index (χ3n) is 2.07. The molecule has 0 saturated carbocycles. The first kappa shape index (κ1) is 11.5. The highest BCUT2D eigenvalue weighted by Crippen LogP contribution is 2.33. The summed E-state index contributed by atoms with van der Waals surface area (Å²) >= 11 is 7.49. The highest BCUT2D eigenvalue weighted by Gasteiger charge is 2.06. The second-order valence-corrected chi connectivity index (χ2v) is 4.60. The summed E-state index contributed by atoms with van der Waals surface area (Å²) in [7, 11) is 0. The second-order valence-electron chi connectivity index (χ2n) is 3.16. The molecule has 16 heavy (non-hydrogen) atoms. The van der Waals surface area contributed by atoms with Crippen LogP contribution in [0.4, 0.5) is 0 Å². The fourth-order valence-corrected chi connectivity index (χ4v) is 2.42. The van der Waals surface area contributed by atoms with E-state index in [1.807, 2.05) is 24.3 Å². The van der Waals surface area contributed by atoms with Crippen LogP contribution in [0.1, 0.15) is 5.56 Å². The normalized spacial score (nSPS) is 10.4. The molecule has 2 nitrogen and oxygen atoms in total. The van der Waals surface area contributed by atoms with Crippen molar-refractivity contribution in [3.8, 4) is 0 Å². The maximum Gasteiger partial charge on any atom is 0.119 e. The maximum absolute atomic E-state index is 9.20. The van der Waals surface area contributed by atoms with Gasteiger partial charge in [0, 0.05) is 11.1 Å². The molecule has 0 radical (unpaired) electrons. The number of rotatable bonds is 3. The van der Waals surface area contributed by atoms with Gasteiger partial charge in [-0.05, 0) is 23.8 Å². The van der Waals surface area contributed by atoms with Gasteiger partial charge in [-0.15, -0.1) is 0 Å². The van der Waals surface area contributed by atoms with E-state index in [0.717, 1.165) is 15.5 Å². The highest BCUT2D eigenvalue weighted by atomic mass is 35.5. The first-order chi connectivity index (χ1) is 7.81. The third kappa shape index (κ3) is 2.55. The summed E-state index contributed by atoms with van der Waals surface area (Å²) in [5.74, 6) is 0. The minimum atomic E-state index is 0.0215.